The maximum Gasteiger partial charge on any atom is 0.201 e. The number of rotatable bonds is 8. The van der Waals surface area contributed by atoms with Gasteiger partial charge in [-0.25, -0.2) is 4.39 Å². The first-order valence-corrected chi connectivity index (χ1v) is 9.68. The highest BCUT2D eigenvalue weighted by atomic mass is 19.2. The molecule has 0 spiro atoms. The van der Waals surface area contributed by atoms with E-state index in [4.69, 9.17) is 9.47 Å². The predicted molar refractivity (Wildman–Crippen MR) is 109 cm³/mol. The molecule has 148 valence electrons. The molecular formula is C24H26F2O2. The Kier molecular flexibility index (Phi) is 6.99. The molecule has 0 radical (unpaired) electrons. The molecule has 4 heteroatoms. The molecule has 28 heavy (non-hydrogen) atoms. The lowest BCUT2D eigenvalue weighted by molar-refractivity contribution is -0.000171. The summed E-state index contributed by atoms with van der Waals surface area (Å²) in [6, 6.07) is 10.6. The second-order valence-corrected chi connectivity index (χ2v) is 7.06. The van der Waals surface area contributed by atoms with Gasteiger partial charge in [-0.3, -0.25) is 0 Å². The fourth-order valence-electron chi connectivity index (χ4n) is 3.55. The standard InChI is InChI=1S/C24H26F2O2/c1-3-5-6-20-12-11-19(16-28-20)17-7-9-18(10-8-17)21-13-14-22(27-15-4-2)24(26)23(21)25/h3-4,7-10,13-14,19-20H,1-2,5-6,11-12,15-16H2. The number of allylic oxidation sites excluding steroid dienone is 1. The molecule has 2 nitrogen and oxygen atoms in total. The highest BCUT2D eigenvalue weighted by Crippen LogP contribution is 2.33. The van der Waals surface area contributed by atoms with Gasteiger partial charge >= 0.3 is 0 Å². The van der Waals surface area contributed by atoms with Gasteiger partial charge in [0.2, 0.25) is 5.82 Å². The maximum atomic E-state index is 14.5. The third-order valence-electron chi connectivity index (χ3n) is 5.16. The average Bonchev–Trinajstić information content (AvgIpc) is 2.74. The van der Waals surface area contributed by atoms with Crippen LogP contribution in [0.4, 0.5) is 8.78 Å². The molecule has 1 saturated heterocycles. The van der Waals surface area contributed by atoms with Crippen LogP contribution in [-0.4, -0.2) is 19.3 Å². The van der Waals surface area contributed by atoms with Gasteiger partial charge in [0.05, 0.1) is 12.7 Å². The maximum absolute atomic E-state index is 14.5. The van der Waals surface area contributed by atoms with E-state index in [2.05, 4.69) is 13.2 Å². The minimum Gasteiger partial charge on any atom is -0.486 e. The first-order valence-electron chi connectivity index (χ1n) is 9.68. The van der Waals surface area contributed by atoms with Gasteiger partial charge in [-0.2, -0.15) is 4.39 Å². The lowest BCUT2D eigenvalue weighted by Crippen LogP contribution is -2.24. The molecular weight excluding hydrogens is 358 g/mol. The third-order valence-corrected chi connectivity index (χ3v) is 5.16. The Morgan fingerprint density at radius 3 is 2.43 bits per heavy atom. The zero-order valence-electron chi connectivity index (χ0n) is 16.0. The highest BCUT2D eigenvalue weighted by Gasteiger charge is 2.23. The van der Waals surface area contributed by atoms with Crippen LogP contribution in [0.15, 0.2) is 61.7 Å². The van der Waals surface area contributed by atoms with Crippen molar-refractivity contribution in [3.63, 3.8) is 0 Å². The van der Waals surface area contributed by atoms with Gasteiger partial charge in [-0.1, -0.05) is 43.0 Å². The number of hydrogen-bond acceptors (Lipinski definition) is 2. The molecule has 1 aliphatic heterocycles. The summed E-state index contributed by atoms with van der Waals surface area (Å²) in [6.07, 6.45) is 7.82. The van der Waals surface area contributed by atoms with E-state index in [0.29, 0.717) is 24.2 Å². The third kappa shape index (κ3) is 4.68. The highest BCUT2D eigenvalue weighted by molar-refractivity contribution is 5.65. The van der Waals surface area contributed by atoms with Gasteiger partial charge in [0, 0.05) is 11.5 Å². The summed E-state index contributed by atoms with van der Waals surface area (Å²) in [4.78, 5) is 0. The predicted octanol–water partition coefficient (Wildman–Crippen LogP) is 6.43. The lowest BCUT2D eigenvalue weighted by atomic mass is 9.89. The first kappa shape index (κ1) is 20.3. The minimum absolute atomic E-state index is 0.108. The Balaban J connectivity index is 1.69. The van der Waals surface area contributed by atoms with E-state index in [1.165, 1.54) is 12.1 Å². The Hall–Kier alpha value is -2.46. The summed E-state index contributed by atoms with van der Waals surface area (Å²) in [6.45, 7) is 8.08. The molecule has 2 aromatic rings. The molecule has 0 saturated carbocycles. The summed E-state index contributed by atoms with van der Waals surface area (Å²) in [5, 5.41) is 0. The Bertz CT molecular complexity index is 806. The normalized spacial score (nSPS) is 19.2. The topological polar surface area (TPSA) is 18.5 Å². The van der Waals surface area contributed by atoms with Crippen LogP contribution in [-0.2, 0) is 4.74 Å². The van der Waals surface area contributed by atoms with Crippen molar-refractivity contribution in [2.24, 2.45) is 0 Å². The van der Waals surface area contributed by atoms with Crippen molar-refractivity contribution < 1.29 is 18.3 Å². The van der Waals surface area contributed by atoms with E-state index in [1.807, 2.05) is 30.3 Å². The summed E-state index contributed by atoms with van der Waals surface area (Å²) in [5.74, 6) is -1.65. The minimum atomic E-state index is -0.977. The van der Waals surface area contributed by atoms with Crippen molar-refractivity contribution in [3.05, 3.63) is 78.9 Å². The molecule has 3 rings (SSSR count). The second-order valence-electron chi connectivity index (χ2n) is 7.06. The molecule has 0 bridgehead atoms. The van der Waals surface area contributed by atoms with Crippen LogP contribution in [0.3, 0.4) is 0 Å². The molecule has 1 fully saturated rings. The van der Waals surface area contributed by atoms with E-state index >= 15 is 0 Å². The average molecular weight is 384 g/mol. The first-order chi connectivity index (χ1) is 13.6. The fraction of sp³-hybridized carbons (Fsp3) is 0.333. The van der Waals surface area contributed by atoms with E-state index in [-0.39, 0.29) is 17.9 Å². The van der Waals surface area contributed by atoms with Crippen LogP contribution in [0, 0.1) is 11.6 Å². The van der Waals surface area contributed by atoms with Crippen LogP contribution >= 0.6 is 0 Å². The Labute approximate surface area is 165 Å². The zero-order chi connectivity index (χ0) is 19.9. The molecule has 1 aliphatic rings. The van der Waals surface area contributed by atoms with E-state index < -0.39 is 11.6 Å². The zero-order valence-corrected chi connectivity index (χ0v) is 16.0. The van der Waals surface area contributed by atoms with Crippen molar-refractivity contribution in [2.75, 3.05) is 13.2 Å². The van der Waals surface area contributed by atoms with Gasteiger partial charge < -0.3 is 9.47 Å². The van der Waals surface area contributed by atoms with E-state index in [9.17, 15) is 8.78 Å². The Morgan fingerprint density at radius 2 is 1.79 bits per heavy atom. The lowest BCUT2D eigenvalue weighted by Gasteiger charge is -2.29. The molecule has 0 aromatic heterocycles. The fourth-order valence-corrected chi connectivity index (χ4v) is 3.55. The number of benzene rings is 2. The van der Waals surface area contributed by atoms with Gasteiger partial charge in [0.1, 0.15) is 6.61 Å². The Morgan fingerprint density at radius 1 is 1.00 bits per heavy atom. The van der Waals surface area contributed by atoms with Crippen molar-refractivity contribution in [1.29, 1.82) is 0 Å². The molecule has 0 aliphatic carbocycles. The monoisotopic (exact) mass is 384 g/mol. The largest absolute Gasteiger partial charge is 0.486 e. The van der Waals surface area contributed by atoms with Crippen LogP contribution in [0.25, 0.3) is 11.1 Å². The van der Waals surface area contributed by atoms with Gasteiger partial charge in [-0.15, -0.1) is 6.58 Å². The molecule has 0 N–H and O–H groups in total. The van der Waals surface area contributed by atoms with E-state index in [1.54, 1.807) is 6.07 Å². The summed E-state index contributed by atoms with van der Waals surface area (Å²) < 4.78 is 39.8. The van der Waals surface area contributed by atoms with Crippen molar-refractivity contribution >= 4 is 0 Å². The molecule has 0 amide bonds. The second kappa shape index (κ2) is 9.65. The van der Waals surface area contributed by atoms with Crippen molar-refractivity contribution in [3.8, 4) is 16.9 Å². The number of ether oxygens (including phenoxy) is 2. The molecule has 2 unspecified atom stereocenters. The van der Waals surface area contributed by atoms with Gasteiger partial charge in [-0.05, 0) is 48.9 Å². The summed E-state index contributed by atoms with van der Waals surface area (Å²) in [5.41, 5.74) is 2.02. The molecule has 1 heterocycles. The van der Waals surface area contributed by atoms with Gasteiger partial charge in [0.25, 0.3) is 0 Å². The van der Waals surface area contributed by atoms with Crippen molar-refractivity contribution in [1.82, 2.24) is 0 Å². The summed E-state index contributed by atoms with van der Waals surface area (Å²) >= 11 is 0. The number of halogens is 2. The van der Waals surface area contributed by atoms with Crippen LogP contribution in [0.2, 0.25) is 0 Å². The quantitative estimate of drug-likeness (QED) is 0.489. The molecule has 2 atom stereocenters. The number of hydrogen-bond donors (Lipinski definition) is 0. The van der Waals surface area contributed by atoms with Crippen molar-refractivity contribution in [2.45, 2.75) is 37.7 Å². The van der Waals surface area contributed by atoms with Crippen LogP contribution < -0.4 is 4.74 Å². The van der Waals surface area contributed by atoms with E-state index in [0.717, 1.165) is 31.2 Å². The van der Waals surface area contributed by atoms with Crippen LogP contribution in [0.5, 0.6) is 5.75 Å². The summed E-state index contributed by atoms with van der Waals surface area (Å²) in [7, 11) is 0. The smallest absolute Gasteiger partial charge is 0.201 e. The SMILES string of the molecule is C=CCCC1CCC(c2ccc(-c3ccc(OCC=C)c(F)c3F)cc2)CO1. The van der Waals surface area contributed by atoms with Gasteiger partial charge in [0.15, 0.2) is 11.6 Å². The van der Waals surface area contributed by atoms with Crippen LogP contribution in [0.1, 0.15) is 37.2 Å². The molecule has 2 aromatic carbocycles.